The molecule has 0 aromatic heterocycles. The largest absolute Gasteiger partial charge is 0.462 e. The molecule has 0 spiro atoms. The van der Waals surface area contributed by atoms with Crippen LogP contribution in [0, 0.1) is 0 Å². The molecule has 0 radical (unpaired) electrons. The van der Waals surface area contributed by atoms with Crippen molar-refractivity contribution >= 4 is 11.9 Å². The molecule has 0 bridgehead atoms. The zero-order valence-electron chi connectivity index (χ0n) is 29.4. The Morgan fingerprint density at radius 2 is 0.889 bits per heavy atom. The van der Waals surface area contributed by atoms with Gasteiger partial charge in [-0.15, -0.1) is 0 Å². The lowest BCUT2D eigenvalue weighted by Gasteiger charge is -2.15. The summed E-state index contributed by atoms with van der Waals surface area (Å²) in [5.74, 6) is -0.625. The van der Waals surface area contributed by atoms with Gasteiger partial charge in [0.15, 0.2) is 6.10 Å². The highest BCUT2D eigenvalue weighted by atomic mass is 16.6. The molecule has 0 aliphatic carbocycles. The van der Waals surface area contributed by atoms with Gasteiger partial charge in [-0.25, -0.2) is 0 Å². The minimum atomic E-state index is -0.784. The summed E-state index contributed by atoms with van der Waals surface area (Å²) >= 11 is 0. The second-order valence-corrected chi connectivity index (χ2v) is 12.3. The molecule has 1 N–H and O–H groups in total. The second-order valence-electron chi connectivity index (χ2n) is 12.3. The van der Waals surface area contributed by atoms with Gasteiger partial charge >= 0.3 is 11.9 Å². The normalized spacial score (nSPS) is 12.7. The summed E-state index contributed by atoms with van der Waals surface area (Å²) in [5, 5.41) is 9.53. The first-order chi connectivity index (χ1) is 22.1. The number of rotatable bonds is 33. The van der Waals surface area contributed by atoms with E-state index in [4.69, 9.17) is 9.47 Å². The van der Waals surface area contributed by atoms with E-state index in [9.17, 15) is 14.7 Å². The summed E-state index contributed by atoms with van der Waals surface area (Å²) < 4.78 is 10.6. The Balaban J connectivity index is 3.63. The smallest absolute Gasteiger partial charge is 0.306 e. The van der Waals surface area contributed by atoms with E-state index in [-0.39, 0.29) is 25.2 Å². The third kappa shape index (κ3) is 34.6. The monoisotopic (exact) mass is 631 g/mol. The summed E-state index contributed by atoms with van der Waals surface area (Å²) in [6.45, 7) is 4.06. The number of esters is 2. The Hall–Kier alpha value is -2.14. The molecular weight excluding hydrogens is 560 g/mol. The third-order valence-electron chi connectivity index (χ3n) is 7.85. The van der Waals surface area contributed by atoms with Crippen LogP contribution in [0.5, 0.6) is 0 Å². The highest BCUT2D eigenvalue weighted by Gasteiger charge is 2.16. The van der Waals surface area contributed by atoms with Crippen LogP contribution in [0.1, 0.15) is 174 Å². The molecule has 0 saturated carbocycles. The molecule has 0 fully saturated rings. The van der Waals surface area contributed by atoms with Crippen LogP contribution in [-0.2, 0) is 19.1 Å². The zero-order valence-corrected chi connectivity index (χ0v) is 29.4. The Morgan fingerprint density at radius 1 is 0.511 bits per heavy atom. The van der Waals surface area contributed by atoms with E-state index < -0.39 is 6.10 Å². The van der Waals surface area contributed by atoms with Gasteiger partial charge in [0.1, 0.15) is 6.61 Å². The molecule has 0 aromatic rings. The lowest BCUT2D eigenvalue weighted by atomic mass is 10.1. The predicted molar refractivity (Wildman–Crippen MR) is 191 cm³/mol. The fourth-order valence-corrected chi connectivity index (χ4v) is 4.97. The van der Waals surface area contributed by atoms with Gasteiger partial charge in [-0.1, -0.05) is 133 Å². The topological polar surface area (TPSA) is 72.8 Å². The van der Waals surface area contributed by atoms with Crippen LogP contribution in [0.25, 0.3) is 0 Å². The minimum absolute atomic E-state index is 0.0798. The van der Waals surface area contributed by atoms with Crippen LogP contribution in [0.4, 0.5) is 0 Å². The van der Waals surface area contributed by atoms with Crippen LogP contribution in [0.3, 0.4) is 0 Å². The van der Waals surface area contributed by atoms with E-state index in [0.717, 1.165) is 70.6 Å². The molecule has 0 aromatic carbocycles. The van der Waals surface area contributed by atoms with E-state index >= 15 is 0 Å². The van der Waals surface area contributed by atoms with Gasteiger partial charge < -0.3 is 14.6 Å². The summed E-state index contributed by atoms with van der Waals surface area (Å²) in [4.78, 5) is 24.2. The van der Waals surface area contributed by atoms with Crippen LogP contribution >= 0.6 is 0 Å². The molecule has 45 heavy (non-hydrogen) atoms. The summed E-state index contributed by atoms with van der Waals surface area (Å²) in [6.07, 6.45) is 44.4. The molecular formula is C40H70O5. The van der Waals surface area contributed by atoms with Gasteiger partial charge in [-0.3, -0.25) is 9.59 Å². The average Bonchev–Trinajstić information content (AvgIpc) is 3.04. The Labute approximate surface area is 278 Å². The van der Waals surface area contributed by atoms with Crippen molar-refractivity contribution in [3.05, 3.63) is 48.6 Å². The van der Waals surface area contributed by atoms with Gasteiger partial charge in [0.25, 0.3) is 0 Å². The van der Waals surface area contributed by atoms with Crippen LogP contribution in [-0.4, -0.2) is 36.4 Å². The molecule has 0 aliphatic heterocycles. The quantitative estimate of drug-likeness (QED) is 0.0444. The number of aliphatic hydroxyl groups is 1. The molecule has 0 aliphatic rings. The lowest BCUT2D eigenvalue weighted by molar-refractivity contribution is -0.161. The first kappa shape index (κ1) is 42.9. The van der Waals surface area contributed by atoms with Crippen LogP contribution in [0.15, 0.2) is 48.6 Å². The van der Waals surface area contributed by atoms with Gasteiger partial charge in [-0.05, 0) is 77.0 Å². The molecule has 5 nitrogen and oxygen atoms in total. The number of hydrogen-bond donors (Lipinski definition) is 1. The zero-order chi connectivity index (χ0) is 32.9. The molecule has 0 heterocycles. The highest BCUT2D eigenvalue weighted by Crippen LogP contribution is 2.11. The van der Waals surface area contributed by atoms with E-state index in [0.29, 0.717) is 12.8 Å². The van der Waals surface area contributed by atoms with Crippen molar-refractivity contribution < 1.29 is 24.2 Å². The number of unbranched alkanes of at least 4 members (excludes halogenated alkanes) is 17. The Bertz CT molecular complexity index is 767. The standard InChI is InChI=1S/C40H70O5/c1-3-5-7-9-11-13-15-17-19-21-23-25-27-29-31-33-35-40(43)45-38(36-41)37-44-39(42)34-32-30-28-26-24-22-20-18-16-14-12-10-8-6-4-2/h12-15,18-21,38,41H,3-11,16-17,22-37H2,1-2H3/b14-12-,15-13-,20-18-,21-19-. The summed E-state index contributed by atoms with van der Waals surface area (Å²) in [5.41, 5.74) is 0. The number of hydrogen-bond acceptors (Lipinski definition) is 5. The second kappa shape index (κ2) is 36.3. The number of carbonyl (C=O) groups is 2. The van der Waals surface area contributed by atoms with Gasteiger partial charge in [-0.2, -0.15) is 0 Å². The molecule has 0 rings (SSSR count). The van der Waals surface area contributed by atoms with Crippen molar-refractivity contribution in [3.63, 3.8) is 0 Å². The maximum absolute atomic E-state index is 12.1. The fourth-order valence-electron chi connectivity index (χ4n) is 4.97. The first-order valence-corrected chi connectivity index (χ1v) is 18.7. The van der Waals surface area contributed by atoms with Crippen molar-refractivity contribution in [2.24, 2.45) is 0 Å². The first-order valence-electron chi connectivity index (χ1n) is 18.7. The molecule has 260 valence electrons. The molecule has 0 amide bonds. The maximum Gasteiger partial charge on any atom is 0.306 e. The lowest BCUT2D eigenvalue weighted by Crippen LogP contribution is -2.28. The summed E-state index contributed by atoms with van der Waals surface area (Å²) in [6, 6.07) is 0. The molecule has 5 heteroatoms. The predicted octanol–water partition coefficient (Wildman–Crippen LogP) is 11.5. The number of ether oxygens (including phenoxy) is 2. The Morgan fingerprint density at radius 3 is 1.36 bits per heavy atom. The molecule has 0 saturated heterocycles. The van der Waals surface area contributed by atoms with E-state index in [1.165, 1.54) is 77.0 Å². The van der Waals surface area contributed by atoms with Crippen molar-refractivity contribution in [3.8, 4) is 0 Å². The van der Waals surface area contributed by atoms with Crippen LogP contribution < -0.4 is 0 Å². The average molecular weight is 631 g/mol. The van der Waals surface area contributed by atoms with Crippen LogP contribution in [0.2, 0.25) is 0 Å². The van der Waals surface area contributed by atoms with Gasteiger partial charge in [0.05, 0.1) is 6.61 Å². The maximum atomic E-state index is 12.1. The Kier molecular flexibility index (Phi) is 34.6. The van der Waals surface area contributed by atoms with Gasteiger partial charge in [0, 0.05) is 12.8 Å². The SMILES string of the molecule is CCCCC/C=C\C/C=C\CCCCCCCC(=O)OCC(CO)OC(=O)CCCCCCC/C=C\C/C=C\CCCCCC. The van der Waals surface area contributed by atoms with Crippen molar-refractivity contribution in [1.29, 1.82) is 0 Å². The van der Waals surface area contributed by atoms with Crippen molar-refractivity contribution in [2.45, 2.75) is 180 Å². The minimum Gasteiger partial charge on any atom is -0.462 e. The van der Waals surface area contributed by atoms with E-state index in [1.54, 1.807) is 0 Å². The van der Waals surface area contributed by atoms with Gasteiger partial charge in [0.2, 0.25) is 0 Å². The molecule has 1 unspecified atom stereocenters. The van der Waals surface area contributed by atoms with Crippen molar-refractivity contribution in [2.75, 3.05) is 13.2 Å². The fraction of sp³-hybridized carbons (Fsp3) is 0.750. The highest BCUT2D eigenvalue weighted by molar-refractivity contribution is 5.70. The third-order valence-corrected chi connectivity index (χ3v) is 7.85. The van der Waals surface area contributed by atoms with Crippen molar-refractivity contribution in [1.82, 2.24) is 0 Å². The number of allylic oxidation sites excluding steroid dienone is 8. The van der Waals surface area contributed by atoms with E-state index in [1.807, 2.05) is 0 Å². The number of aliphatic hydroxyl groups excluding tert-OH is 1. The molecule has 1 atom stereocenters. The summed E-state index contributed by atoms with van der Waals surface area (Å²) in [7, 11) is 0. The van der Waals surface area contributed by atoms with E-state index in [2.05, 4.69) is 62.5 Å². The number of carbonyl (C=O) groups excluding carboxylic acids is 2.